The molecule has 0 aliphatic carbocycles. The molecule has 0 aliphatic rings. The number of rotatable bonds is 3. The van der Waals surface area contributed by atoms with Gasteiger partial charge in [0.2, 0.25) is 0 Å². The number of alkyl halides is 3. The summed E-state index contributed by atoms with van der Waals surface area (Å²) in [5, 5.41) is 2.20. The van der Waals surface area contributed by atoms with Crippen molar-refractivity contribution in [2.24, 2.45) is 0 Å². The second kappa shape index (κ2) is 4.41. The first-order valence-corrected chi connectivity index (χ1v) is 4.79. The molecule has 1 nitrogen and oxygen atoms in total. The first kappa shape index (κ1) is 13.0. The van der Waals surface area contributed by atoms with Gasteiger partial charge in [-0.15, -0.1) is 0 Å². The van der Waals surface area contributed by atoms with E-state index in [1.165, 1.54) is 25.2 Å². The molecule has 1 aromatic carbocycles. The highest BCUT2D eigenvalue weighted by Crippen LogP contribution is 2.33. The van der Waals surface area contributed by atoms with Gasteiger partial charge in [-0.05, 0) is 25.6 Å². The number of likely N-dealkylation sites (N-methyl/N-ethyl adjacent to an activating group) is 1. The van der Waals surface area contributed by atoms with Crippen LogP contribution in [0.15, 0.2) is 24.3 Å². The third-order valence-corrected chi connectivity index (χ3v) is 2.68. The number of benzene rings is 1. The van der Waals surface area contributed by atoms with Crippen LogP contribution in [0.25, 0.3) is 0 Å². The van der Waals surface area contributed by atoms with Crippen LogP contribution in [-0.4, -0.2) is 18.8 Å². The maximum atomic E-state index is 13.2. The first-order valence-electron chi connectivity index (χ1n) is 4.79. The fourth-order valence-electron chi connectivity index (χ4n) is 1.35. The van der Waals surface area contributed by atoms with E-state index in [-0.39, 0.29) is 5.56 Å². The summed E-state index contributed by atoms with van der Waals surface area (Å²) in [4.78, 5) is 0. The van der Waals surface area contributed by atoms with Gasteiger partial charge in [-0.3, -0.25) is 0 Å². The van der Waals surface area contributed by atoms with E-state index < -0.39 is 24.0 Å². The van der Waals surface area contributed by atoms with Gasteiger partial charge in [0.05, 0.1) is 0 Å². The Hall–Kier alpha value is -1.10. The molecule has 1 unspecified atom stereocenters. The molecule has 1 rings (SSSR count). The Bertz CT molecular complexity index is 361. The van der Waals surface area contributed by atoms with Gasteiger partial charge in [0.25, 0.3) is 0 Å². The molecule has 1 aromatic rings. The third-order valence-electron chi connectivity index (χ3n) is 2.68. The fraction of sp³-hybridized carbons (Fsp3) is 0.455. The van der Waals surface area contributed by atoms with Crippen molar-refractivity contribution in [3.05, 3.63) is 35.6 Å². The Kier molecular flexibility index (Phi) is 3.57. The Labute approximate surface area is 91.5 Å². The summed E-state index contributed by atoms with van der Waals surface area (Å²) in [5.41, 5.74) is -2.06. The predicted molar refractivity (Wildman–Crippen MR) is 53.6 cm³/mol. The summed E-state index contributed by atoms with van der Waals surface area (Å²) in [6, 6.07) is 5.48. The lowest BCUT2D eigenvalue weighted by atomic mass is 9.92. The zero-order valence-electron chi connectivity index (χ0n) is 9.03. The molecule has 0 spiro atoms. The van der Waals surface area contributed by atoms with E-state index in [2.05, 4.69) is 5.32 Å². The minimum absolute atomic E-state index is 0.0525. The van der Waals surface area contributed by atoms with Crippen LogP contribution in [0.3, 0.4) is 0 Å². The summed E-state index contributed by atoms with van der Waals surface area (Å²) in [6.45, 7) is 1.01. The number of hydrogen-bond acceptors (Lipinski definition) is 1. The van der Waals surface area contributed by atoms with E-state index >= 15 is 0 Å². The van der Waals surface area contributed by atoms with Crippen LogP contribution >= 0.6 is 0 Å². The van der Waals surface area contributed by atoms with Crippen molar-refractivity contribution in [3.63, 3.8) is 0 Å². The van der Waals surface area contributed by atoms with Crippen molar-refractivity contribution in [1.82, 2.24) is 5.32 Å². The van der Waals surface area contributed by atoms with Crippen LogP contribution in [0.1, 0.15) is 12.5 Å². The Balaban J connectivity index is 2.99. The van der Waals surface area contributed by atoms with E-state index in [0.717, 1.165) is 13.0 Å². The highest BCUT2D eigenvalue weighted by Gasteiger charge is 2.50. The minimum Gasteiger partial charge on any atom is -0.307 e. The highest BCUT2D eigenvalue weighted by atomic mass is 19.4. The van der Waals surface area contributed by atoms with Crippen LogP contribution in [0.5, 0.6) is 0 Å². The van der Waals surface area contributed by atoms with Gasteiger partial charge in [0.1, 0.15) is 11.4 Å². The smallest absolute Gasteiger partial charge is 0.307 e. The van der Waals surface area contributed by atoms with Crippen molar-refractivity contribution < 1.29 is 17.6 Å². The molecule has 5 heteroatoms. The van der Waals surface area contributed by atoms with E-state index in [0.29, 0.717) is 0 Å². The molecule has 0 amide bonds. The molecule has 16 heavy (non-hydrogen) atoms. The molecule has 0 saturated carbocycles. The summed E-state index contributed by atoms with van der Waals surface area (Å²) < 4.78 is 51.5. The van der Waals surface area contributed by atoms with Crippen LogP contribution in [0, 0.1) is 5.82 Å². The van der Waals surface area contributed by atoms with E-state index in [4.69, 9.17) is 0 Å². The standard InChI is InChI=1S/C11H13F4N/c1-10(16-2,11(13,14)15)7-8-5-3-4-6-9(8)12/h3-6,16H,7H2,1-2H3. The largest absolute Gasteiger partial charge is 0.406 e. The Morgan fingerprint density at radius 2 is 1.75 bits per heavy atom. The third kappa shape index (κ3) is 2.52. The van der Waals surface area contributed by atoms with E-state index in [9.17, 15) is 17.6 Å². The Morgan fingerprint density at radius 3 is 2.19 bits per heavy atom. The van der Waals surface area contributed by atoms with Crippen LogP contribution in [0.4, 0.5) is 17.6 Å². The molecule has 0 aromatic heterocycles. The van der Waals surface area contributed by atoms with E-state index in [1.807, 2.05) is 0 Å². The molecule has 0 aliphatic heterocycles. The molecule has 0 heterocycles. The molecular formula is C11H13F4N. The average molecular weight is 235 g/mol. The van der Waals surface area contributed by atoms with Crippen molar-refractivity contribution in [2.75, 3.05) is 7.05 Å². The molecule has 0 saturated heterocycles. The SMILES string of the molecule is CNC(C)(Cc1ccccc1F)C(F)(F)F. The maximum absolute atomic E-state index is 13.2. The second-order valence-corrected chi connectivity index (χ2v) is 3.85. The highest BCUT2D eigenvalue weighted by molar-refractivity contribution is 5.20. The monoisotopic (exact) mass is 235 g/mol. The molecule has 0 bridgehead atoms. The molecule has 0 fully saturated rings. The summed E-state index contributed by atoms with van der Waals surface area (Å²) in [7, 11) is 1.22. The topological polar surface area (TPSA) is 12.0 Å². The number of hydrogen-bond donors (Lipinski definition) is 1. The second-order valence-electron chi connectivity index (χ2n) is 3.85. The summed E-state index contributed by atoms with van der Waals surface area (Å²) >= 11 is 0. The fourth-order valence-corrected chi connectivity index (χ4v) is 1.35. The molecule has 90 valence electrons. The van der Waals surface area contributed by atoms with Gasteiger partial charge in [0, 0.05) is 6.42 Å². The van der Waals surface area contributed by atoms with Gasteiger partial charge in [0.15, 0.2) is 0 Å². The first-order chi connectivity index (χ1) is 7.30. The van der Waals surface area contributed by atoms with Gasteiger partial charge in [-0.25, -0.2) is 4.39 Å². The Morgan fingerprint density at radius 1 is 1.19 bits per heavy atom. The van der Waals surface area contributed by atoms with Crippen molar-refractivity contribution in [3.8, 4) is 0 Å². The van der Waals surface area contributed by atoms with Gasteiger partial charge in [-0.1, -0.05) is 18.2 Å². The minimum atomic E-state index is -4.43. The van der Waals surface area contributed by atoms with E-state index in [1.54, 1.807) is 0 Å². The zero-order valence-corrected chi connectivity index (χ0v) is 9.03. The zero-order chi connectivity index (χ0) is 12.4. The normalized spacial score (nSPS) is 15.9. The molecule has 1 N–H and O–H groups in total. The summed E-state index contributed by atoms with van der Waals surface area (Å²) in [5.74, 6) is -0.617. The van der Waals surface area contributed by atoms with Crippen LogP contribution in [-0.2, 0) is 6.42 Å². The lowest BCUT2D eigenvalue weighted by molar-refractivity contribution is -0.189. The molecule has 1 atom stereocenters. The summed E-state index contributed by atoms with van der Waals surface area (Å²) in [6.07, 6.45) is -4.86. The van der Waals surface area contributed by atoms with Crippen molar-refractivity contribution in [2.45, 2.75) is 25.1 Å². The van der Waals surface area contributed by atoms with Crippen LogP contribution in [0.2, 0.25) is 0 Å². The lowest BCUT2D eigenvalue weighted by Gasteiger charge is -2.31. The molecular weight excluding hydrogens is 222 g/mol. The van der Waals surface area contributed by atoms with Gasteiger partial charge < -0.3 is 5.32 Å². The van der Waals surface area contributed by atoms with Crippen molar-refractivity contribution in [1.29, 1.82) is 0 Å². The lowest BCUT2D eigenvalue weighted by Crippen LogP contribution is -2.54. The predicted octanol–water partition coefficient (Wildman–Crippen LogP) is 2.91. The maximum Gasteiger partial charge on any atom is 0.406 e. The number of halogens is 4. The van der Waals surface area contributed by atoms with Crippen molar-refractivity contribution >= 4 is 0 Å². The van der Waals surface area contributed by atoms with Crippen LogP contribution < -0.4 is 5.32 Å². The number of nitrogens with one attached hydrogen (secondary N) is 1. The quantitative estimate of drug-likeness (QED) is 0.794. The molecule has 0 radical (unpaired) electrons. The average Bonchev–Trinajstić information content (AvgIpc) is 2.19. The van der Waals surface area contributed by atoms with Gasteiger partial charge >= 0.3 is 6.18 Å². The van der Waals surface area contributed by atoms with Gasteiger partial charge in [-0.2, -0.15) is 13.2 Å².